The van der Waals surface area contributed by atoms with Crippen LogP contribution in [0.2, 0.25) is 0 Å². The number of hydrogen-bond donors (Lipinski definition) is 0. The van der Waals surface area contributed by atoms with Crippen molar-refractivity contribution in [3.8, 4) is 5.75 Å². The molecule has 0 atom stereocenters. The molecule has 3 heterocycles. The van der Waals surface area contributed by atoms with Crippen molar-refractivity contribution in [2.45, 2.75) is 38.8 Å². The third kappa shape index (κ3) is 3.67. The van der Waals surface area contributed by atoms with E-state index in [-0.39, 0.29) is 11.5 Å². The number of aryl methyl sites for hydroxylation is 2. The third-order valence-electron chi connectivity index (χ3n) is 5.57. The van der Waals surface area contributed by atoms with Gasteiger partial charge in [0.1, 0.15) is 17.0 Å². The lowest BCUT2D eigenvalue weighted by molar-refractivity contribution is -0.0104. The molecule has 142 valence electrons. The Labute approximate surface area is 160 Å². The average Bonchev–Trinajstić information content (AvgIpc) is 2.81. The molecule has 0 N–H and O–H groups in total. The van der Waals surface area contributed by atoms with Crippen molar-refractivity contribution in [1.29, 1.82) is 0 Å². The smallest absolute Gasteiger partial charge is 0.274 e. The van der Waals surface area contributed by atoms with E-state index >= 15 is 0 Å². The Morgan fingerprint density at radius 1 is 1.15 bits per heavy atom. The van der Waals surface area contributed by atoms with Crippen molar-refractivity contribution < 1.29 is 9.53 Å². The van der Waals surface area contributed by atoms with Gasteiger partial charge in [0.25, 0.3) is 5.91 Å². The number of amides is 1. The number of hydrogen-bond acceptors (Lipinski definition) is 5. The number of aromatic nitrogens is 2. The van der Waals surface area contributed by atoms with Crippen molar-refractivity contribution in [2.24, 2.45) is 0 Å². The van der Waals surface area contributed by atoms with Crippen LogP contribution in [0, 0.1) is 13.8 Å². The molecular weight excluding hydrogens is 340 g/mol. The lowest BCUT2D eigenvalue weighted by Crippen LogP contribution is -2.53. The molecule has 0 bridgehead atoms. The predicted molar refractivity (Wildman–Crippen MR) is 103 cm³/mol. The summed E-state index contributed by atoms with van der Waals surface area (Å²) in [6.07, 6.45) is 5.02. The number of rotatable bonds is 1. The number of piperidine rings is 1. The van der Waals surface area contributed by atoms with Crippen molar-refractivity contribution >= 4 is 5.91 Å². The molecule has 0 unspecified atom stereocenters. The van der Waals surface area contributed by atoms with Gasteiger partial charge in [0.2, 0.25) is 0 Å². The number of benzene rings is 1. The van der Waals surface area contributed by atoms with E-state index in [1.165, 1.54) is 5.56 Å². The summed E-state index contributed by atoms with van der Waals surface area (Å²) in [5.41, 5.74) is 3.07. The zero-order valence-corrected chi connectivity index (χ0v) is 16.2. The van der Waals surface area contributed by atoms with Crippen LogP contribution in [0.4, 0.5) is 0 Å². The fourth-order valence-corrected chi connectivity index (χ4v) is 3.90. The highest BCUT2D eigenvalue weighted by molar-refractivity contribution is 5.92. The van der Waals surface area contributed by atoms with Crippen molar-refractivity contribution in [2.75, 3.05) is 26.7 Å². The van der Waals surface area contributed by atoms with Gasteiger partial charge in [0.15, 0.2) is 0 Å². The zero-order chi connectivity index (χ0) is 19.0. The van der Waals surface area contributed by atoms with E-state index in [1.54, 1.807) is 12.4 Å². The molecule has 4 rings (SSSR count). The molecule has 1 aromatic carbocycles. The van der Waals surface area contributed by atoms with Crippen molar-refractivity contribution in [1.82, 2.24) is 19.8 Å². The molecule has 0 aliphatic carbocycles. The van der Waals surface area contributed by atoms with Crippen LogP contribution >= 0.6 is 0 Å². The van der Waals surface area contributed by atoms with Gasteiger partial charge >= 0.3 is 0 Å². The lowest BCUT2D eigenvalue weighted by atomic mass is 9.90. The van der Waals surface area contributed by atoms with Crippen LogP contribution in [0.5, 0.6) is 5.75 Å². The maximum Gasteiger partial charge on any atom is 0.274 e. The first-order valence-corrected chi connectivity index (χ1v) is 9.49. The molecular formula is C21H26N4O2. The van der Waals surface area contributed by atoms with Gasteiger partial charge in [-0.3, -0.25) is 9.78 Å². The molecule has 1 aromatic heterocycles. The SMILES string of the molecule is Cc1ccc2c(c1)CN(C(=O)c1cnc(C)cn1)CC1(CCN(C)CC1)O2. The van der Waals surface area contributed by atoms with E-state index in [1.807, 2.05) is 17.9 Å². The molecule has 1 amide bonds. The molecule has 6 nitrogen and oxygen atoms in total. The summed E-state index contributed by atoms with van der Waals surface area (Å²) < 4.78 is 6.57. The Morgan fingerprint density at radius 2 is 1.93 bits per heavy atom. The lowest BCUT2D eigenvalue weighted by Gasteiger charge is -2.41. The van der Waals surface area contributed by atoms with Gasteiger partial charge in [-0.2, -0.15) is 0 Å². The molecule has 1 fully saturated rings. The Hall–Kier alpha value is -2.47. The average molecular weight is 366 g/mol. The van der Waals surface area contributed by atoms with Crippen molar-refractivity contribution in [3.63, 3.8) is 0 Å². The van der Waals surface area contributed by atoms with E-state index in [9.17, 15) is 4.79 Å². The summed E-state index contributed by atoms with van der Waals surface area (Å²) in [6.45, 7) is 6.97. The van der Waals surface area contributed by atoms with Crippen LogP contribution < -0.4 is 4.74 Å². The fourth-order valence-electron chi connectivity index (χ4n) is 3.90. The zero-order valence-electron chi connectivity index (χ0n) is 16.2. The first kappa shape index (κ1) is 17.9. The van der Waals surface area contributed by atoms with E-state index in [0.717, 1.165) is 42.9 Å². The van der Waals surface area contributed by atoms with E-state index in [0.29, 0.717) is 18.8 Å². The second-order valence-corrected chi connectivity index (χ2v) is 7.90. The molecule has 1 saturated heterocycles. The molecule has 27 heavy (non-hydrogen) atoms. The number of likely N-dealkylation sites (tertiary alicyclic amines) is 1. The first-order chi connectivity index (χ1) is 12.9. The number of ether oxygens (including phenoxy) is 1. The van der Waals surface area contributed by atoms with Gasteiger partial charge in [-0.15, -0.1) is 0 Å². The van der Waals surface area contributed by atoms with Crippen LogP contribution in [0.15, 0.2) is 30.6 Å². The summed E-state index contributed by atoms with van der Waals surface area (Å²) in [5, 5.41) is 0. The van der Waals surface area contributed by atoms with Crippen LogP contribution in [-0.2, 0) is 6.54 Å². The van der Waals surface area contributed by atoms with Crippen LogP contribution in [0.25, 0.3) is 0 Å². The topological polar surface area (TPSA) is 58.6 Å². The monoisotopic (exact) mass is 366 g/mol. The molecule has 1 spiro atoms. The van der Waals surface area contributed by atoms with Crippen molar-refractivity contribution in [3.05, 3.63) is 53.1 Å². The maximum absolute atomic E-state index is 13.2. The molecule has 2 aromatic rings. The summed E-state index contributed by atoms with van der Waals surface area (Å²) >= 11 is 0. The standard InChI is InChI=1S/C21H26N4O2/c1-15-4-5-19-17(10-15)13-25(20(26)18-12-22-16(2)11-23-18)14-21(27-19)6-8-24(3)9-7-21/h4-5,10-12H,6-9,13-14H2,1-3H3. The number of fused-ring (bicyclic) bond motifs is 1. The van der Waals surface area contributed by atoms with Crippen LogP contribution in [0.3, 0.4) is 0 Å². The van der Waals surface area contributed by atoms with E-state index in [4.69, 9.17) is 4.74 Å². The van der Waals surface area contributed by atoms with Gasteiger partial charge in [-0.05, 0) is 27.0 Å². The highest BCUT2D eigenvalue weighted by Crippen LogP contribution is 2.36. The number of carbonyl (C=O) groups is 1. The minimum Gasteiger partial charge on any atom is -0.485 e. The first-order valence-electron chi connectivity index (χ1n) is 9.49. The molecule has 2 aliphatic heterocycles. The largest absolute Gasteiger partial charge is 0.485 e. The number of carbonyl (C=O) groups excluding carboxylic acids is 1. The summed E-state index contributed by atoms with van der Waals surface area (Å²) in [6, 6.07) is 6.24. The number of nitrogens with zero attached hydrogens (tertiary/aromatic N) is 4. The van der Waals surface area contributed by atoms with Crippen LogP contribution in [0.1, 0.15) is 40.2 Å². The van der Waals surface area contributed by atoms with E-state index < -0.39 is 0 Å². The highest BCUT2D eigenvalue weighted by atomic mass is 16.5. The minimum absolute atomic E-state index is 0.0845. The molecule has 2 aliphatic rings. The molecule has 0 radical (unpaired) electrons. The maximum atomic E-state index is 13.2. The van der Waals surface area contributed by atoms with E-state index in [2.05, 4.69) is 41.0 Å². The van der Waals surface area contributed by atoms with Crippen LogP contribution in [-0.4, -0.2) is 58.0 Å². The summed E-state index contributed by atoms with van der Waals surface area (Å²) in [5.74, 6) is 0.814. The Balaban J connectivity index is 1.70. The minimum atomic E-state index is -0.346. The quantitative estimate of drug-likeness (QED) is 0.776. The Kier molecular flexibility index (Phi) is 4.60. The third-order valence-corrected chi connectivity index (χ3v) is 5.57. The second-order valence-electron chi connectivity index (χ2n) is 7.90. The second kappa shape index (κ2) is 6.93. The summed E-state index contributed by atoms with van der Waals surface area (Å²) in [4.78, 5) is 25.9. The predicted octanol–water partition coefficient (Wildman–Crippen LogP) is 2.59. The normalized spacial score (nSPS) is 19.3. The Morgan fingerprint density at radius 3 is 2.63 bits per heavy atom. The van der Waals surface area contributed by atoms with Gasteiger partial charge in [0, 0.05) is 44.2 Å². The fraction of sp³-hybridized carbons (Fsp3) is 0.476. The highest BCUT2D eigenvalue weighted by Gasteiger charge is 2.41. The summed E-state index contributed by atoms with van der Waals surface area (Å²) in [7, 11) is 2.13. The Bertz CT molecular complexity index is 842. The van der Waals surface area contributed by atoms with Gasteiger partial charge in [-0.25, -0.2) is 4.98 Å². The van der Waals surface area contributed by atoms with Gasteiger partial charge < -0.3 is 14.5 Å². The molecule has 0 saturated carbocycles. The molecule has 6 heteroatoms. The van der Waals surface area contributed by atoms with Gasteiger partial charge in [0.05, 0.1) is 18.4 Å². The van der Waals surface area contributed by atoms with Gasteiger partial charge in [-0.1, -0.05) is 17.7 Å².